The molecule has 0 atom stereocenters. The summed E-state index contributed by atoms with van der Waals surface area (Å²) in [5, 5.41) is 2.78. The van der Waals surface area contributed by atoms with E-state index in [2.05, 4.69) is 5.32 Å². The highest BCUT2D eigenvalue weighted by Gasteiger charge is 2.28. The Bertz CT molecular complexity index is 813. The van der Waals surface area contributed by atoms with Crippen LogP contribution in [0.5, 0.6) is 11.5 Å². The molecule has 8 heteroatoms. The Kier molecular flexibility index (Phi) is 6.98. The first-order valence-electron chi connectivity index (χ1n) is 9.41. The maximum Gasteiger partial charge on any atom is 0.390 e. The number of amides is 1. The lowest BCUT2D eigenvalue weighted by Crippen LogP contribution is -2.29. The van der Waals surface area contributed by atoms with E-state index in [1.54, 1.807) is 23.1 Å². The van der Waals surface area contributed by atoms with Gasteiger partial charge in [0.25, 0.3) is 5.91 Å². The third-order valence-electron chi connectivity index (χ3n) is 4.50. The molecule has 1 amide bonds. The average molecular weight is 408 g/mol. The largest absolute Gasteiger partial charge is 0.492 e. The van der Waals surface area contributed by atoms with Gasteiger partial charge in [-0.15, -0.1) is 0 Å². The average Bonchev–Trinajstić information content (AvgIpc) is 2.91. The summed E-state index contributed by atoms with van der Waals surface area (Å²) < 4.78 is 48.6. The number of benzene rings is 2. The second-order valence-corrected chi connectivity index (χ2v) is 6.73. The van der Waals surface area contributed by atoms with Crippen molar-refractivity contribution in [3.05, 3.63) is 59.7 Å². The first-order valence-corrected chi connectivity index (χ1v) is 9.41. The van der Waals surface area contributed by atoms with Crippen molar-refractivity contribution < 1.29 is 27.4 Å². The first-order chi connectivity index (χ1) is 13.9. The molecule has 0 spiro atoms. The van der Waals surface area contributed by atoms with Gasteiger partial charge in [-0.05, 0) is 24.3 Å². The van der Waals surface area contributed by atoms with Crippen LogP contribution in [-0.2, 0) is 6.54 Å². The van der Waals surface area contributed by atoms with E-state index in [0.29, 0.717) is 37.6 Å². The lowest BCUT2D eigenvalue weighted by atomic mass is 10.1. The molecule has 2 aromatic rings. The number of hydrogen-bond acceptors (Lipinski definition) is 4. The van der Waals surface area contributed by atoms with E-state index >= 15 is 0 Å². The molecule has 1 aliphatic rings. The standard InChI is InChI=1S/C21H23F3N2O3/c22-21(23,24)8-10-26-11-13-29-19-14-16(6-7-17(19)15-26)20(27)25-9-12-28-18-4-2-1-3-5-18/h1-7,14H,8-13,15H2,(H,25,27). The molecule has 29 heavy (non-hydrogen) atoms. The van der Waals surface area contributed by atoms with E-state index in [1.807, 2.05) is 30.3 Å². The predicted molar refractivity (Wildman–Crippen MR) is 102 cm³/mol. The summed E-state index contributed by atoms with van der Waals surface area (Å²) in [6.07, 6.45) is -5.03. The zero-order valence-corrected chi connectivity index (χ0v) is 15.9. The van der Waals surface area contributed by atoms with E-state index in [0.717, 1.165) is 11.3 Å². The first kappa shape index (κ1) is 21.0. The van der Waals surface area contributed by atoms with Crippen molar-refractivity contribution in [2.75, 3.05) is 32.8 Å². The SMILES string of the molecule is O=C(NCCOc1ccccc1)c1ccc2c(c1)OCCN(CCC(F)(F)F)C2. The van der Waals surface area contributed by atoms with Gasteiger partial charge in [-0.2, -0.15) is 13.2 Å². The lowest BCUT2D eigenvalue weighted by Gasteiger charge is -2.20. The Morgan fingerprint density at radius 3 is 2.72 bits per heavy atom. The molecule has 5 nitrogen and oxygen atoms in total. The molecule has 0 aliphatic carbocycles. The molecule has 0 saturated heterocycles. The fraction of sp³-hybridized carbons (Fsp3) is 0.381. The molecular formula is C21H23F3N2O3. The van der Waals surface area contributed by atoms with Crippen molar-refractivity contribution in [1.82, 2.24) is 10.2 Å². The lowest BCUT2D eigenvalue weighted by molar-refractivity contribution is -0.138. The Balaban J connectivity index is 1.51. The van der Waals surface area contributed by atoms with Crippen molar-refractivity contribution in [3.63, 3.8) is 0 Å². The van der Waals surface area contributed by atoms with Crippen LogP contribution in [0.25, 0.3) is 0 Å². The van der Waals surface area contributed by atoms with E-state index in [9.17, 15) is 18.0 Å². The number of fused-ring (bicyclic) bond motifs is 1. The molecule has 0 radical (unpaired) electrons. The molecule has 0 aromatic heterocycles. The molecule has 1 N–H and O–H groups in total. The normalized spacial score (nSPS) is 14.4. The van der Waals surface area contributed by atoms with Crippen LogP contribution < -0.4 is 14.8 Å². The van der Waals surface area contributed by atoms with E-state index < -0.39 is 12.6 Å². The number of alkyl halides is 3. The van der Waals surface area contributed by atoms with Gasteiger partial charge in [0, 0.05) is 30.8 Å². The predicted octanol–water partition coefficient (Wildman–Crippen LogP) is 3.64. The van der Waals surface area contributed by atoms with Crippen LogP contribution >= 0.6 is 0 Å². The molecule has 1 heterocycles. The Labute approximate surface area is 167 Å². The zero-order valence-electron chi connectivity index (χ0n) is 15.9. The molecule has 1 aliphatic heterocycles. The maximum atomic E-state index is 12.5. The van der Waals surface area contributed by atoms with Crippen LogP contribution in [0.2, 0.25) is 0 Å². The molecular weight excluding hydrogens is 385 g/mol. The number of halogens is 3. The fourth-order valence-corrected chi connectivity index (χ4v) is 2.99. The quantitative estimate of drug-likeness (QED) is 0.711. The number of carbonyl (C=O) groups is 1. The topological polar surface area (TPSA) is 50.8 Å². The second-order valence-electron chi connectivity index (χ2n) is 6.73. The summed E-state index contributed by atoms with van der Waals surface area (Å²) in [4.78, 5) is 14.1. The minimum absolute atomic E-state index is 0.0735. The second kappa shape index (κ2) is 9.65. The number of nitrogens with zero attached hydrogens (tertiary/aromatic N) is 1. The maximum absolute atomic E-state index is 12.5. The van der Waals surface area contributed by atoms with Crippen LogP contribution in [-0.4, -0.2) is 49.8 Å². The van der Waals surface area contributed by atoms with Crippen molar-refractivity contribution in [2.45, 2.75) is 19.1 Å². The highest BCUT2D eigenvalue weighted by atomic mass is 19.4. The van der Waals surface area contributed by atoms with E-state index in [4.69, 9.17) is 9.47 Å². The van der Waals surface area contributed by atoms with Crippen molar-refractivity contribution >= 4 is 5.91 Å². The van der Waals surface area contributed by atoms with Gasteiger partial charge < -0.3 is 14.8 Å². The Hall–Kier alpha value is -2.74. The Morgan fingerprint density at radius 2 is 1.97 bits per heavy atom. The monoisotopic (exact) mass is 408 g/mol. The molecule has 0 fully saturated rings. The number of para-hydroxylation sites is 1. The smallest absolute Gasteiger partial charge is 0.390 e. The van der Waals surface area contributed by atoms with Gasteiger partial charge >= 0.3 is 6.18 Å². The number of nitrogens with one attached hydrogen (secondary N) is 1. The van der Waals surface area contributed by atoms with Gasteiger partial charge in [-0.25, -0.2) is 0 Å². The zero-order chi connectivity index (χ0) is 20.7. The highest BCUT2D eigenvalue weighted by molar-refractivity contribution is 5.94. The number of carbonyl (C=O) groups excluding carboxylic acids is 1. The number of ether oxygens (including phenoxy) is 2. The van der Waals surface area contributed by atoms with Crippen LogP contribution in [0.1, 0.15) is 22.3 Å². The molecule has 156 valence electrons. The summed E-state index contributed by atoms with van der Waals surface area (Å²) in [6, 6.07) is 14.3. The summed E-state index contributed by atoms with van der Waals surface area (Å²) in [5.74, 6) is 1.01. The number of hydrogen-bond donors (Lipinski definition) is 1. The van der Waals surface area contributed by atoms with Crippen LogP contribution in [0.3, 0.4) is 0 Å². The van der Waals surface area contributed by atoms with Gasteiger partial charge in [0.1, 0.15) is 24.7 Å². The summed E-state index contributed by atoms with van der Waals surface area (Å²) in [6.45, 7) is 1.65. The summed E-state index contributed by atoms with van der Waals surface area (Å²) in [5.41, 5.74) is 1.21. The van der Waals surface area contributed by atoms with Gasteiger partial charge in [-0.3, -0.25) is 9.69 Å². The van der Waals surface area contributed by atoms with Crippen molar-refractivity contribution in [3.8, 4) is 11.5 Å². The molecule has 0 unspecified atom stereocenters. The highest BCUT2D eigenvalue weighted by Crippen LogP contribution is 2.26. The van der Waals surface area contributed by atoms with E-state index in [1.165, 1.54) is 0 Å². The molecule has 0 bridgehead atoms. The van der Waals surface area contributed by atoms with Gasteiger partial charge in [-0.1, -0.05) is 24.3 Å². The summed E-state index contributed by atoms with van der Waals surface area (Å²) in [7, 11) is 0. The third kappa shape index (κ3) is 6.67. The molecule has 3 rings (SSSR count). The fourth-order valence-electron chi connectivity index (χ4n) is 2.99. The Morgan fingerprint density at radius 1 is 1.17 bits per heavy atom. The van der Waals surface area contributed by atoms with Gasteiger partial charge in [0.2, 0.25) is 0 Å². The molecule has 2 aromatic carbocycles. The number of rotatable bonds is 7. The van der Waals surface area contributed by atoms with Crippen LogP contribution in [0.15, 0.2) is 48.5 Å². The minimum Gasteiger partial charge on any atom is -0.492 e. The van der Waals surface area contributed by atoms with Gasteiger partial charge in [0.15, 0.2) is 0 Å². The van der Waals surface area contributed by atoms with Crippen molar-refractivity contribution in [2.24, 2.45) is 0 Å². The third-order valence-corrected chi connectivity index (χ3v) is 4.50. The van der Waals surface area contributed by atoms with E-state index in [-0.39, 0.29) is 19.1 Å². The summed E-state index contributed by atoms with van der Waals surface area (Å²) >= 11 is 0. The molecule has 0 saturated carbocycles. The van der Waals surface area contributed by atoms with Crippen molar-refractivity contribution in [1.29, 1.82) is 0 Å². The van der Waals surface area contributed by atoms with Crippen LogP contribution in [0, 0.1) is 0 Å². The minimum atomic E-state index is -4.18. The van der Waals surface area contributed by atoms with Crippen LogP contribution in [0.4, 0.5) is 13.2 Å². The van der Waals surface area contributed by atoms with Gasteiger partial charge in [0.05, 0.1) is 13.0 Å².